The van der Waals surface area contributed by atoms with Gasteiger partial charge in [0.25, 0.3) is 0 Å². The lowest BCUT2D eigenvalue weighted by molar-refractivity contribution is -0.315. The van der Waals surface area contributed by atoms with Gasteiger partial charge in [-0.15, -0.1) is 0 Å². The van der Waals surface area contributed by atoms with Gasteiger partial charge in [-0.1, -0.05) is 13.8 Å². The fourth-order valence-electron chi connectivity index (χ4n) is 1.80. The second-order valence-electron chi connectivity index (χ2n) is 4.35. The Bertz CT molecular complexity index is 399. The van der Waals surface area contributed by atoms with Crippen LogP contribution in [0.2, 0.25) is 0 Å². The summed E-state index contributed by atoms with van der Waals surface area (Å²) in [5, 5.41) is 0. The van der Waals surface area contributed by atoms with Crippen molar-refractivity contribution in [3.8, 4) is 0 Å². The van der Waals surface area contributed by atoms with Crippen molar-refractivity contribution in [3.05, 3.63) is 0 Å². The molecule has 0 saturated heterocycles. The van der Waals surface area contributed by atoms with E-state index in [1.807, 2.05) is 0 Å². The Hall–Kier alpha value is -0.380. The number of phosphoric acid groups is 1. The predicted molar refractivity (Wildman–Crippen MR) is 57.0 cm³/mol. The van der Waals surface area contributed by atoms with E-state index in [-0.39, 0.29) is 0 Å². The van der Waals surface area contributed by atoms with Crippen LogP contribution in [0.4, 0.5) is 30.7 Å². The molecular weight excluding hydrogens is 336 g/mol. The number of hydrogen-bond acceptors (Lipinski definition) is 2. The highest BCUT2D eigenvalue weighted by Crippen LogP contribution is 2.56. The number of alkyl halides is 7. The third-order valence-corrected chi connectivity index (χ3v) is 3.48. The highest BCUT2D eigenvalue weighted by atomic mass is 31.2. The van der Waals surface area contributed by atoms with Gasteiger partial charge in [-0.05, 0) is 12.8 Å². The number of hydrogen-bond donors (Lipinski definition) is 2. The summed E-state index contributed by atoms with van der Waals surface area (Å²) >= 11 is 0. The number of rotatable bonds is 7. The molecule has 0 aromatic carbocycles. The largest absolute Gasteiger partial charge is 0.470 e. The molecule has 2 N–H and O–H groups in total. The van der Waals surface area contributed by atoms with E-state index in [0.29, 0.717) is 0 Å². The minimum absolute atomic E-state index is 0.844. The molecule has 0 saturated carbocycles. The van der Waals surface area contributed by atoms with Crippen molar-refractivity contribution in [1.82, 2.24) is 0 Å². The van der Waals surface area contributed by atoms with Crippen molar-refractivity contribution in [2.75, 3.05) is 0 Å². The van der Waals surface area contributed by atoms with Crippen LogP contribution in [0.1, 0.15) is 33.1 Å². The Morgan fingerprint density at radius 1 is 0.952 bits per heavy atom. The van der Waals surface area contributed by atoms with Gasteiger partial charge in [-0.3, -0.25) is 4.52 Å². The fraction of sp³-hybridized carbons (Fsp3) is 1.00. The number of phosphoric ester groups is 1. The Labute approximate surface area is 115 Å². The minimum Gasteiger partial charge on any atom is -0.303 e. The summed E-state index contributed by atoms with van der Waals surface area (Å²) in [6.45, 7) is 1.69. The first-order valence-electron chi connectivity index (χ1n) is 5.62. The molecule has 21 heavy (non-hydrogen) atoms. The summed E-state index contributed by atoms with van der Waals surface area (Å²) in [7, 11) is -5.63. The Kier molecular flexibility index (Phi) is 5.91. The lowest BCUT2D eigenvalue weighted by Crippen LogP contribution is -2.60. The average Bonchev–Trinajstić information content (AvgIpc) is 2.20. The van der Waals surface area contributed by atoms with Crippen molar-refractivity contribution in [1.29, 1.82) is 0 Å². The van der Waals surface area contributed by atoms with Crippen molar-refractivity contribution >= 4 is 7.82 Å². The summed E-state index contributed by atoms with van der Waals surface area (Å²) < 4.78 is 105. The maximum atomic E-state index is 13.9. The molecule has 0 aliphatic heterocycles. The molecule has 128 valence electrons. The maximum Gasteiger partial charge on any atom is 0.470 e. The van der Waals surface area contributed by atoms with Crippen LogP contribution < -0.4 is 0 Å². The molecular formula is C9H14F7O4P. The fourth-order valence-corrected chi connectivity index (χ4v) is 2.63. The van der Waals surface area contributed by atoms with Crippen LogP contribution in [0, 0.1) is 0 Å². The lowest BCUT2D eigenvalue weighted by atomic mass is 9.84. The number of halogens is 7. The molecule has 0 aromatic heterocycles. The third-order valence-electron chi connectivity index (χ3n) is 2.89. The summed E-state index contributed by atoms with van der Waals surface area (Å²) in [6.07, 6.45) is -10.8. The summed E-state index contributed by atoms with van der Waals surface area (Å²) in [5.74, 6) is -11.0. The van der Waals surface area contributed by atoms with Crippen LogP contribution in [-0.2, 0) is 9.09 Å². The Balaban J connectivity index is 5.82. The van der Waals surface area contributed by atoms with Crippen molar-refractivity contribution in [2.45, 2.75) is 56.7 Å². The van der Waals surface area contributed by atoms with Gasteiger partial charge in [0.2, 0.25) is 0 Å². The van der Waals surface area contributed by atoms with Crippen LogP contribution in [0.25, 0.3) is 0 Å². The zero-order valence-electron chi connectivity index (χ0n) is 10.9. The molecule has 0 fully saturated rings. The zero-order chi connectivity index (χ0) is 17.3. The van der Waals surface area contributed by atoms with Gasteiger partial charge >= 0.3 is 25.8 Å². The molecule has 0 bridgehead atoms. The molecule has 0 aromatic rings. The van der Waals surface area contributed by atoms with Crippen LogP contribution in [-0.4, -0.2) is 33.4 Å². The van der Waals surface area contributed by atoms with E-state index in [1.165, 1.54) is 0 Å². The van der Waals surface area contributed by atoms with E-state index < -0.39 is 50.7 Å². The van der Waals surface area contributed by atoms with Gasteiger partial charge in [0.15, 0.2) is 0 Å². The van der Waals surface area contributed by atoms with E-state index in [9.17, 15) is 35.3 Å². The van der Waals surface area contributed by atoms with Gasteiger partial charge in [-0.25, -0.2) is 4.57 Å². The first-order valence-corrected chi connectivity index (χ1v) is 7.15. The molecule has 0 atom stereocenters. The van der Waals surface area contributed by atoms with Crippen LogP contribution in [0.3, 0.4) is 0 Å². The van der Waals surface area contributed by atoms with E-state index in [1.54, 1.807) is 0 Å². The third kappa shape index (κ3) is 4.80. The zero-order valence-corrected chi connectivity index (χ0v) is 11.8. The van der Waals surface area contributed by atoms with Gasteiger partial charge in [0.1, 0.15) is 12.0 Å². The lowest BCUT2D eigenvalue weighted by Gasteiger charge is -2.42. The van der Waals surface area contributed by atoms with E-state index in [4.69, 9.17) is 9.79 Å². The van der Waals surface area contributed by atoms with Crippen LogP contribution >= 0.6 is 7.82 Å². The van der Waals surface area contributed by atoms with Crippen LogP contribution in [0.15, 0.2) is 0 Å². The minimum atomic E-state index is -5.63. The Morgan fingerprint density at radius 2 is 1.33 bits per heavy atom. The quantitative estimate of drug-likeness (QED) is 0.540. The highest BCUT2D eigenvalue weighted by Gasteiger charge is 2.71. The topological polar surface area (TPSA) is 66.8 Å². The predicted octanol–water partition coefficient (Wildman–Crippen LogP) is 3.88. The maximum absolute atomic E-state index is 13.9. The molecule has 0 amide bonds. The first-order chi connectivity index (χ1) is 9.04. The van der Waals surface area contributed by atoms with Crippen molar-refractivity contribution < 1.29 is 49.6 Å². The van der Waals surface area contributed by atoms with Crippen molar-refractivity contribution in [3.63, 3.8) is 0 Å². The first kappa shape index (κ1) is 20.6. The molecule has 0 unspecified atom stereocenters. The normalized spacial score (nSPS) is 15.4. The second-order valence-corrected chi connectivity index (χ2v) is 5.52. The Morgan fingerprint density at radius 3 is 1.57 bits per heavy atom. The highest BCUT2D eigenvalue weighted by molar-refractivity contribution is 7.46. The van der Waals surface area contributed by atoms with Gasteiger partial charge in [0, 0.05) is 0 Å². The van der Waals surface area contributed by atoms with E-state index in [2.05, 4.69) is 4.52 Å². The SMILES string of the molecule is CCC(CC)(OP(=O)(O)O)C(F)(F)C(F)(F)CC(F)(F)F. The molecule has 0 spiro atoms. The summed E-state index contributed by atoms with van der Waals surface area (Å²) in [4.78, 5) is 17.1. The monoisotopic (exact) mass is 350 g/mol. The van der Waals surface area contributed by atoms with Crippen LogP contribution in [0.5, 0.6) is 0 Å². The van der Waals surface area contributed by atoms with Crippen molar-refractivity contribution in [2.24, 2.45) is 0 Å². The molecule has 12 heteroatoms. The smallest absolute Gasteiger partial charge is 0.303 e. The van der Waals surface area contributed by atoms with E-state index >= 15 is 0 Å². The molecule has 0 heterocycles. The molecule has 0 aliphatic rings. The van der Waals surface area contributed by atoms with Gasteiger partial charge in [0.05, 0.1) is 0 Å². The molecule has 4 nitrogen and oxygen atoms in total. The molecule has 0 aliphatic carbocycles. The van der Waals surface area contributed by atoms with Gasteiger partial charge in [-0.2, -0.15) is 30.7 Å². The average molecular weight is 350 g/mol. The van der Waals surface area contributed by atoms with Gasteiger partial charge < -0.3 is 9.79 Å². The molecule has 0 radical (unpaired) electrons. The van der Waals surface area contributed by atoms with E-state index in [0.717, 1.165) is 13.8 Å². The standard InChI is InChI=1S/C9H14F7O4P/c1-3-6(4-2,20-21(17,18)19)9(15,16)7(10,11)5-8(12,13)14/h3-5H2,1-2H3,(H2,17,18,19). The second kappa shape index (κ2) is 6.02. The summed E-state index contributed by atoms with van der Waals surface area (Å²) in [5.41, 5.74) is -3.43. The summed E-state index contributed by atoms with van der Waals surface area (Å²) in [6, 6.07) is 0. The molecule has 0 rings (SSSR count).